The highest BCUT2D eigenvalue weighted by molar-refractivity contribution is 14.1. The first kappa shape index (κ1) is 21.5. The van der Waals surface area contributed by atoms with E-state index in [1.807, 2.05) is 41.7 Å². The van der Waals surface area contributed by atoms with Crippen molar-refractivity contribution in [2.75, 3.05) is 7.11 Å². The molecule has 2 aromatic carbocycles. The van der Waals surface area contributed by atoms with Gasteiger partial charge in [-0.05, 0) is 58.8 Å². The maximum Gasteiger partial charge on any atom is 0.255 e. The Morgan fingerprint density at radius 3 is 2.77 bits per heavy atom. The summed E-state index contributed by atoms with van der Waals surface area (Å²) < 4.78 is 19.1. The zero-order valence-electron chi connectivity index (χ0n) is 16.2. The Bertz CT molecular complexity index is 1180. The Kier molecular flexibility index (Phi) is 6.52. The number of pyridine rings is 1. The number of aromatic hydroxyl groups is 1. The molecule has 0 unspecified atom stereocenters. The summed E-state index contributed by atoms with van der Waals surface area (Å²) in [6, 6.07) is 11.2. The molecule has 0 aliphatic heterocycles. The van der Waals surface area contributed by atoms with Gasteiger partial charge in [-0.25, -0.2) is 4.39 Å². The van der Waals surface area contributed by atoms with Gasteiger partial charge >= 0.3 is 0 Å². The highest BCUT2D eigenvalue weighted by Crippen LogP contribution is 2.33. The van der Waals surface area contributed by atoms with Gasteiger partial charge < -0.3 is 15.2 Å². The summed E-state index contributed by atoms with van der Waals surface area (Å²) in [5, 5.41) is 22.3. The molecule has 1 amide bonds. The van der Waals surface area contributed by atoms with E-state index in [0.717, 1.165) is 17.2 Å². The number of carbonyl (C=O) groups is 1. The lowest BCUT2D eigenvalue weighted by Crippen LogP contribution is -2.23. The number of nitrogens with one attached hydrogen (secondary N) is 1. The average Bonchev–Trinajstić information content (AvgIpc) is 2.74. The van der Waals surface area contributed by atoms with Crippen LogP contribution in [-0.4, -0.2) is 23.1 Å². The maximum atomic E-state index is 13.5. The van der Waals surface area contributed by atoms with Crippen LogP contribution in [0.2, 0.25) is 0 Å². The molecule has 1 aromatic heterocycles. The van der Waals surface area contributed by atoms with E-state index in [-0.39, 0.29) is 29.2 Å². The fraction of sp³-hybridized carbons (Fsp3) is 0.136. The van der Waals surface area contributed by atoms with Gasteiger partial charge in [0.15, 0.2) is 0 Å². The zero-order valence-corrected chi connectivity index (χ0v) is 18.3. The van der Waals surface area contributed by atoms with Crippen molar-refractivity contribution >= 4 is 28.5 Å². The molecule has 152 valence electrons. The maximum absolute atomic E-state index is 13.5. The second kappa shape index (κ2) is 9.09. The molecule has 0 fully saturated rings. The number of nitriles is 1. The third-order valence-corrected chi connectivity index (χ3v) is 5.31. The quantitative estimate of drug-likeness (QED) is 0.492. The lowest BCUT2D eigenvalue weighted by Gasteiger charge is -2.12. The third-order valence-electron chi connectivity index (χ3n) is 4.52. The van der Waals surface area contributed by atoms with Gasteiger partial charge in [0.2, 0.25) is 0 Å². The summed E-state index contributed by atoms with van der Waals surface area (Å²) in [4.78, 5) is 16.7. The lowest BCUT2D eigenvalue weighted by atomic mass is 9.99. The number of hydrogen-bond acceptors (Lipinski definition) is 5. The van der Waals surface area contributed by atoms with Crippen LogP contribution in [0.4, 0.5) is 4.39 Å². The minimum Gasteiger partial charge on any atom is -0.505 e. The predicted molar refractivity (Wildman–Crippen MR) is 118 cm³/mol. The molecule has 8 heteroatoms. The first-order chi connectivity index (χ1) is 14.3. The van der Waals surface area contributed by atoms with E-state index in [2.05, 4.69) is 10.3 Å². The minimum absolute atomic E-state index is 0.0946. The SMILES string of the molecule is COc1ccc(F)cc1C(=O)NCc1ccc(-c2ncc(I)c(O)c2C#N)c(C)c1. The fourth-order valence-electron chi connectivity index (χ4n) is 3.03. The number of methoxy groups -OCH3 is 1. The van der Waals surface area contributed by atoms with Crippen molar-refractivity contribution in [3.05, 3.63) is 74.2 Å². The second-order valence-electron chi connectivity index (χ2n) is 6.47. The van der Waals surface area contributed by atoms with Crippen molar-refractivity contribution < 1.29 is 19.0 Å². The van der Waals surface area contributed by atoms with Gasteiger partial charge in [0.1, 0.15) is 28.9 Å². The van der Waals surface area contributed by atoms with Crippen molar-refractivity contribution in [2.24, 2.45) is 0 Å². The van der Waals surface area contributed by atoms with E-state index in [1.165, 1.54) is 25.4 Å². The molecule has 0 saturated heterocycles. The number of amides is 1. The number of aromatic nitrogens is 1. The topological polar surface area (TPSA) is 95.2 Å². The van der Waals surface area contributed by atoms with Crippen LogP contribution in [0, 0.1) is 27.6 Å². The van der Waals surface area contributed by atoms with Crippen molar-refractivity contribution in [2.45, 2.75) is 13.5 Å². The Morgan fingerprint density at radius 2 is 2.10 bits per heavy atom. The average molecular weight is 517 g/mol. The number of benzene rings is 2. The second-order valence-corrected chi connectivity index (χ2v) is 7.63. The number of ether oxygens (including phenoxy) is 1. The van der Waals surface area contributed by atoms with Crippen LogP contribution in [-0.2, 0) is 6.54 Å². The Balaban J connectivity index is 1.82. The Morgan fingerprint density at radius 1 is 1.33 bits per heavy atom. The minimum atomic E-state index is -0.525. The molecule has 0 radical (unpaired) electrons. The van der Waals surface area contributed by atoms with Crippen LogP contribution in [0.15, 0.2) is 42.6 Å². The van der Waals surface area contributed by atoms with Gasteiger partial charge in [-0.3, -0.25) is 9.78 Å². The van der Waals surface area contributed by atoms with E-state index < -0.39 is 11.7 Å². The Hall–Kier alpha value is -3.19. The fourth-order valence-corrected chi connectivity index (χ4v) is 3.43. The molecule has 1 heterocycles. The molecule has 0 aliphatic rings. The van der Waals surface area contributed by atoms with Crippen LogP contribution in [0.3, 0.4) is 0 Å². The third kappa shape index (κ3) is 4.36. The van der Waals surface area contributed by atoms with Crippen molar-refractivity contribution in [3.8, 4) is 28.8 Å². The standard InChI is InChI=1S/C22H17FIN3O3/c1-12-7-13(10-27-22(29)16-8-14(23)4-6-19(16)30-2)3-5-15(12)20-17(9-25)21(28)18(24)11-26-20/h3-8,11H,10H2,1-2H3,(H,26,28)(H,27,29). The van der Waals surface area contributed by atoms with E-state index in [9.17, 15) is 19.6 Å². The molecule has 6 nitrogen and oxygen atoms in total. The molecule has 0 bridgehead atoms. The van der Waals surface area contributed by atoms with Crippen LogP contribution in [0.1, 0.15) is 27.0 Å². The summed E-state index contributed by atoms with van der Waals surface area (Å²) in [5.41, 5.74) is 2.98. The van der Waals surface area contributed by atoms with E-state index in [0.29, 0.717) is 14.8 Å². The molecule has 0 atom stereocenters. The number of hydrogen-bond donors (Lipinski definition) is 2. The van der Waals surface area contributed by atoms with E-state index in [1.54, 1.807) is 12.1 Å². The number of rotatable bonds is 5. The molecule has 2 N–H and O–H groups in total. The zero-order chi connectivity index (χ0) is 21.8. The van der Waals surface area contributed by atoms with Crippen LogP contribution in [0.25, 0.3) is 11.3 Å². The summed E-state index contributed by atoms with van der Waals surface area (Å²) in [5.74, 6) is -0.788. The van der Waals surface area contributed by atoms with Crippen molar-refractivity contribution in [1.29, 1.82) is 5.26 Å². The van der Waals surface area contributed by atoms with Gasteiger partial charge in [0.05, 0.1) is 21.9 Å². The molecule has 0 spiro atoms. The number of halogens is 2. The number of aryl methyl sites for hydroxylation is 1. The number of nitrogens with zero attached hydrogens (tertiary/aromatic N) is 2. The summed E-state index contributed by atoms with van der Waals surface area (Å²) in [6.07, 6.45) is 1.51. The summed E-state index contributed by atoms with van der Waals surface area (Å²) >= 11 is 1.92. The van der Waals surface area contributed by atoms with E-state index in [4.69, 9.17) is 4.74 Å². The first-order valence-electron chi connectivity index (χ1n) is 8.85. The van der Waals surface area contributed by atoms with Crippen molar-refractivity contribution in [3.63, 3.8) is 0 Å². The Labute approximate surface area is 186 Å². The molecule has 3 rings (SSSR count). The molecular weight excluding hydrogens is 500 g/mol. The van der Waals surface area contributed by atoms with Crippen LogP contribution < -0.4 is 10.1 Å². The molecule has 0 saturated carbocycles. The van der Waals surface area contributed by atoms with Gasteiger partial charge in [-0.1, -0.05) is 18.2 Å². The van der Waals surface area contributed by atoms with E-state index >= 15 is 0 Å². The smallest absolute Gasteiger partial charge is 0.255 e. The van der Waals surface area contributed by atoms with Crippen LogP contribution in [0.5, 0.6) is 11.5 Å². The van der Waals surface area contributed by atoms with Gasteiger partial charge in [0, 0.05) is 18.3 Å². The number of carbonyl (C=O) groups excluding carboxylic acids is 1. The molecular formula is C22H17FIN3O3. The van der Waals surface area contributed by atoms with Crippen LogP contribution >= 0.6 is 22.6 Å². The predicted octanol–water partition coefficient (Wildman–Crippen LogP) is 4.32. The first-order valence-corrected chi connectivity index (χ1v) is 9.92. The highest BCUT2D eigenvalue weighted by Gasteiger charge is 2.17. The van der Waals surface area contributed by atoms with Crippen molar-refractivity contribution in [1.82, 2.24) is 10.3 Å². The summed E-state index contributed by atoms with van der Waals surface area (Å²) in [6.45, 7) is 2.07. The lowest BCUT2D eigenvalue weighted by molar-refractivity contribution is 0.0947. The van der Waals surface area contributed by atoms with Gasteiger partial charge in [-0.15, -0.1) is 0 Å². The molecule has 0 aliphatic carbocycles. The largest absolute Gasteiger partial charge is 0.505 e. The highest BCUT2D eigenvalue weighted by atomic mass is 127. The summed E-state index contributed by atoms with van der Waals surface area (Å²) in [7, 11) is 1.41. The normalized spacial score (nSPS) is 10.4. The monoisotopic (exact) mass is 517 g/mol. The molecule has 3 aromatic rings. The van der Waals surface area contributed by atoms with Gasteiger partial charge in [-0.2, -0.15) is 5.26 Å². The van der Waals surface area contributed by atoms with Gasteiger partial charge in [0.25, 0.3) is 5.91 Å². The molecule has 30 heavy (non-hydrogen) atoms.